The second-order valence-electron chi connectivity index (χ2n) is 5.91. The highest BCUT2D eigenvalue weighted by atomic mass is 15.1. The van der Waals surface area contributed by atoms with E-state index in [4.69, 9.17) is 0 Å². The van der Waals surface area contributed by atoms with E-state index in [-0.39, 0.29) is 0 Å². The van der Waals surface area contributed by atoms with Crippen molar-refractivity contribution in [3.8, 4) is 0 Å². The van der Waals surface area contributed by atoms with E-state index in [1.807, 2.05) is 0 Å². The molecule has 0 aromatic heterocycles. The van der Waals surface area contributed by atoms with Gasteiger partial charge in [-0.3, -0.25) is 0 Å². The first-order chi connectivity index (χ1) is 11.8. The van der Waals surface area contributed by atoms with Crippen molar-refractivity contribution in [1.82, 2.24) is 5.32 Å². The Bertz CT molecular complexity index is 671. The SMILES string of the molecule is CC(NCCN(c1ccccc1)c1ccccc1)c1ccccc1. The molecule has 0 aliphatic heterocycles. The van der Waals surface area contributed by atoms with E-state index in [9.17, 15) is 0 Å². The van der Waals surface area contributed by atoms with Crippen molar-refractivity contribution in [2.75, 3.05) is 18.0 Å². The van der Waals surface area contributed by atoms with Crippen LogP contribution in [0.1, 0.15) is 18.5 Å². The molecule has 3 rings (SSSR count). The fourth-order valence-corrected chi connectivity index (χ4v) is 2.88. The summed E-state index contributed by atoms with van der Waals surface area (Å²) in [5.74, 6) is 0. The van der Waals surface area contributed by atoms with Crippen molar-refractivity contribution in [2.24, 2.45) is 0 Å². The zero-order valence-corrected chi connectivity index (χ0v) is 14.1. The summed E-state index contributed by atoms with van der Waals surface area (Å²) in [7, 11) is 0. The summed E-state index contributed by atoms with van der Waals surface area (Å²) in [6.07, 6.45) is 0. The van der Waals surface area contributed by atoms with Gasteiger partial charge in [-0.2, -0.15) is 0 Å². The van der Waals surface area contributed by atoms with Crippen LogP contribution in [0.3, 0.4) is 0 Å². The maximum absolute atomic E-state index is 3.63. The average molecular weight is 316 g/mol. The van der Waals surface area contributed by atoms with Gasteiger partial charge < -0.3 is 10.2 Å². The molecule has 3 aromatic carbocycles. The third-order valence-corrected chi connectivity index (χ3v) is 4.22. The maximum atomic E-state index is 3.63. The van der Waals surface area contributed by atoms with Gasteiger partial charge in [0.25, 0.3) is 0 Å². The summed E-state index contributed by atoms with van der Waals surface area (Å²) in [5, 5.41) is 3.63. The van der Waals surface area contributed by atoms with Crippen LogP contribution in [0.5, 0.6) is 0 Å². The summed E-state index contributed by atoms with van der Waals surface area (Å²) in [4.78, 5) is 2.35. The molecule has 0 fully saturated rings. The summed E-state index contributed by atoms with van der Waals surface area (Å²) >= 11 is 0. The zero-order chi connectivity index (χ0) is 16.6. The van der Waals surface area contributed by atoms with E-state index in [2.05, 4.69) is 108 Å². The Kier molecular flexibility index (Phi) is 5.65. The van der Waals surface area contributed by atoms with Gasteiger partial charge in [-0.05, 0) is 36.8 Å². The van der Waals surface area contributed by atoms with Crippen molar-refractivity contribution in [3.05, 3.63) is 96.6 Å². The van der Waals surface area contributed by atoms with Crippen LogP contribution in [0, 0.1) is 0 Å². The first kappa shape index (κ1) is 16.3. The molecule has 0 saturated carbocycles. The number of anilines is 2. The minimum Gasteiger partial charge on any atom is -0.340 e. The van der Waals surface area contributed by atoms with Crippen molar-refractivity contribution in [3.63, 3.8) is 0 Å². The molecule has 24 heavy (non-hydrogen) atoms. The highest BCUT2D eigenvalue weighted by Gasteiger charge is 2.09. The minimum absolute atomic E-state index is 0.347. The standard InChI is InChI=1S/C22H24N2/c1-19(20-11-5-2-6-12-20)23-17-18-24(21-13-7-3-8-14-21)22-15-9-4-10-16-22/h2-16,19,23H,17-18H2,1H3. The molecule has 0 amide bonds. The Labute approximate surface area is 144 Å². The van der Waals surface area contributed by atoms with Crippen LogP contribution >= 0.6 is 0 Å². The smallest absolute Gasteiger partial charge is 0.0411 e. The fourth-order valence-electron chi connectivity index (χ4n) is 2.88. The van der Waals surface area contributed by atoms with Gasteiger partial charge in [0.15, 0.2) is 0 Å². The lowest BCUT2D eigenvalue weighted by atomic mass is 10.1. The summed E-state index contributed by atoms with van der Waals surface area (Å²) < 4.78 is 0. The lowest BCUT2D eigenvalue weighted by molar-refractivity contribution is 0.579. The molecule has 2 nitrogen and oxygen atoms in total. The van der Waals surface area contributed by atoms with Crippen LogP contribution in [0.25, 0.3) is 0 Å². The van der Waals surface area contributed by atoms with Crippen molar-refractivity contribution >= 4 is 11.4 Å². The Morgan fingerprint density at radius 1 is 0.708 bits per heavy atom. The topological polar surface area (TPSA) is 15.3 Å². The molecule has 0 saturated heterocycles. The van der Waals surface area contributed by atoms with Crippen LogP contribution in [0.15, 0.2) is 91.0 Å². The molecule has 1 unspecified atom stereocenters. The van der Waals surface area contributed by atoms with Crippen LogP contribution in [-0.2, 0) is 0 Å². The normalized spacial score (nSPS) is 11.9. The zero-order valence-electron chi connectivity index (χ0n) is 14.1. The van der Waals surface area contributed by atoms with Gasteiger partial charge in [0, 0.05) is 30.5 Å². The van der Waals surface area contributed by atoms with E-state index >= 15 is 0 Å². The van der Waals surface area contributed by atoms with Gasteiger partial charge in [0.1, 0.15) is 0 Å². The molecule has 2 heteroatoms. The highest BCUT2D eigenvalue weighted by molar-refractivity contribution is 5.62. The van der Waals surface area contributed by atoms with E-state index in [0.717, 1.165) is 13.1 Å². The molecule has 0 aliphatic rings. The molecule has 0 radical (unpaired) electrons. The molecule has 0 aliphatic carbocycles. The number of hydrogen-bond donors (Lipinski definition) is 1. The van der Waals surface area contributed by atoms with Crippen molar-refractivity contribution < 1.29 is 0 Å². The second-order valence-corrected chi connectivity index (χ2v) is 5.91. The Morgan fingerprint density at radius 3 is 1.67 bits per heavy atom. The van der Waals surface area contributed by atoms with E-state index in [1.54, 1.807) is 0 Å². The van der Waals surface area contributed by atoms with Crippen molar-refractivity contribution in [2.45, 2.75) is 13.0 Å². The van der Waals surface area contributed by atoms with E-state index < -0.39 is 0 Å². The quantitative estimate of drug-likeness (QED) is 0.646. The number of rotatable bonds is 7. The first-order valence-electron chi connectivity index (χ1n) is 8.50. The summed E-state index contributed by atoms with van der Waals surface area (Å²) in [5.41, 5.74) is 3.76. The van der Waals surface area contributed by atoms with Crippen molar-refractivity contribution in [1.29, 1.82) is 0 Å². The molecular formula is C22H24N2. The van der Waals surface area contributed by atoms with E-state index in [1.165, 1.54) is 16.9 Å². The number of nitrogens with zero attached hydrogens (tertiary/aromatic N) is 1. The van der Waals surface area contributed by atoms with Crippen LogP contribution < -0.4 is 10.2 Å². The molecular weight excluding hydrogens is 292 g/mol. The van der Waals surface area contributed by atoms with E-state index in [0.29, 0.717) is 6.04 Å². The maximum Gasteiger partial charge on any atom is 0.0411 e. The predicted molar refractivity (Wildman–Crippen MR) is 103 cm³/mol. The largest absolute Gasteiger partial charge is 0.340 e. The molecule has 122 valence electrons. The summed E-state index contributed by atoms with van der Waals surface area (Å²) in [6.45, 7) is 4.05. The number of hydrogen-bond acceptors (Lipinski definition) is 2. The molecule has 0 bridgehead atoms. The number of nitrogens with one attached hydrogen (secondary N) is 1. The molecule has 3 aromatic rings. The Hall–Kier alpha value is -2.58. The molecule has 1 N–H and O–H groups in total. The lowest BCUT2D eigenvalue weighted by Crippen LogP contribution is -2.30. The Balaban J connectivity index is 1.67. The predicted octanol–water partition coefficient (Wildman–Crippen LogP) is 5.18. The van der Waals surface area contributed by atoms with Gasteiger partial charge >= 0.3 is 0 Å². The monoisotopic (exact) mass is 316 g/mol. The average Bonchev–Trinajstić information content (AvgIpc) is 2.67. The highest BCUT2D eigenvalue weighted by Crippen LogP contribution is 2.24. The van der Waals surface area contributed by atoms with Gasteiger partial charge in [0.05, 0.1) is 0 Å². The van der Waals surface area contributed by atoms with Gasteiger partial charge in [-0.15, -0.1) is 0 Å². The van der Waals surface area contributed by atoms with Crippen LogP contribution in [0.2, 0.25) is 0 Å². The molecule has 0 heterocycles. The minimum atomic E-state index is 0.347. The van der Waals surface area contributed by atoms with Gasteiger partial charge in [0.2, 0.25) is 0 Å². The fraction of sp³-hybridized carbons (Fsp3) is 0.182. The molecule has 0 spiro atoms. The summed E-state index contributed by atoms with van der Waals surface area (Å²) in [6, 6.07) is 32.0. The third kappa shape index (κ3) is 4.24. The number of para-hydroxylation sites is 2. The first-order valence-corrected chi connectivity index (χ1v) is 8.50. The number of benzene rings is 3. The Morgan fingerprint density at radius 2 is 1.17 bits per heavy atom. The molecule has 1 atom stereocenters. The second kappa shape index (κ2) is 8.32. The van der Waals surface area contributed by atoms with Crippen LogP contribution in [-0.4, -0.2) is 13.1 Å². The lowest BCUT2D eigenvalue weighted by Gasteiger charge is -2.26. The van der Waals surface area contributed by atoms with Gasteiger partial charge in [-0.1, -0.05) is 66.7 Å². The van der Waals surface area contributed by atoms with Crippen LogP contribution in [0.4, 0.5) is 11.4 Å². The van der Waals surface area contributed by atoms with Gasteiger partial charge in [-0.25, -0.2) is 0 Å². The third-order valence-electron chi connectivity index (χ3n) is 4.22.